The van der Waals surface area contributed by atoms with E-state index in [1.54, 1.807) is 0 Å². The predicted molar refractivity (Wildman–Crippen MR) is 59.3 cm³/mol. The zero-order valence-corrected chi connectivity index (χ0v) is 9.43. The lowest BCUT2D eigenvalue weighted by atomic mass is 10.2. The van der Waals surface area contributed by atoms with Crippen LogP contribution in [0.15, 0.2) is 18.5 Å². The van der Waals surface area contributed by atoms with Crippen molar-refractivity contribution in [3.8, 4) is 5.75 Å². The Morgan fingerprint density at radius 1 is 1.69 bits per heavy atom. The maximum Gasteiger partial charge on any atom is 0.255 e. The van der Waals surface area contributed by atoms with Crippen LogP contribution in [0.1, 0.15) is 24.2 Å². The van der Waals surface area contributed by atoms with Crippen LogP contribution in [0.5, 0.6) is 5.75 Å². The van der Waals surface area contributed by atoms with E-state index in [9.17, 15) is 9.90 Å². The first kappa shape index (κ1) is 12.4. The third-order valence-corrected chi connectivity index (χ3v) is 2.05. The fraction of sp³-hybridized carbons (Fsp3) is 0.455. The molecule has 5 nitrogen and oxygen atoms in total. The second-order valence-corrected chi connectivity index (χ2v) is 3.37. The lowest BCUT2D eigenvalue weighted by molar-refractivity contribution is 0.0694. The summed E-state index contributed by atoms with van der Waals surface area (Å²) < 4.78 is 5.27. The Morgan fingerprint density at radius 2 is 2.44 bits per heavy atom. The quantitative estimate of drug-likeness (QED) is 0.780. The lowest BCUT2D eigenvalue weighted by Crippen LogP contribution is -2.32. The molecule has 1 amide bonds. The Morgan fingerprint density at radius 3 is 3.06 bits per heavy atom. The molecule has 2 N–H and O–H groups in total. The molecule has 1 aromatic heterocycles. The summed E-state index contributed by atoms with van der Waals surface area (Å²) in [7, 11) is 0. The fourth-order valence-electron chi connectivity index (χ4n) is 1.25. The number of aromatic nitrogens is 1. The molecular weight excluding hydrogens is 208 g/mol. The number of rotatable bonds is 5. The van der Waals surface area contributed by atoms with Gasteiger partial charge in [-0.3, -0.25) is 9.78 Å². The van der Waals surface area contributed by atoms with E-state index in [2.05, 4.69) is 10.3 Å². The van der Waals surface area contributed by atoms with Gasteiger partial charge in [-0.2, -0.15) is 0 Å². The number of hydrogen-bond acceptors (Lipinski definition) is 4. The van der Waals surface area contributed by atoms with Gasteiger partial charge in [0.15, 0.2) is 0 Å². The van der Waals surface area contributed by atoms with E-state index in [4.69, 9.17) is 4.74 Å². The van der Waals surface area contributed by atoms with Crippen molar-refractivity contribution in [1.29, 1.82) is 0 Å². The van der Waals surface area contributed by atoms with Crippen molar-refractivity contribution in [3.63, 3.8) is 0 Å². The molecule has 0 fully saturated rings. The summed E-state index contributed by atoms with van der Waals surface area (Å²) in [5, 5.41) is 12.1. The molecule has 0 spiro atoms. The normalized spacial score (nSPS) is 12.1. The van der Waals surface area contributed by atoms with Gasteiger partial charge in [-0.15, -0.1) is 0 Å². The van der Waals surface area contributed by atoms with Gasteiger partial charge in [-0.1, -0.05) is 0 Å². The van der Waals surface area contributed by atoms with Crippen molar-refractivity contribution in [2.75, 3.05) is 13.2 Å². The summed E-state index contributed by atoms with van der Waals surface area (Å²) in [6.07, 6.45) is 2.65. The minimum absolute atomic E-state index is 0.0436. The van der Waals surface area contributed by atoms with Gasteiger partial charge in [0.1, 0.15) is 5.75 Å². The first-order chi connectivity index (χ1) is 7.65. The van der Waals surface area contributed by atoms with E-state index in [1.807, 2.05) is 13.8 Å². The summed E-state index contributed by atoms with van der Waals surface area (Å²) >= 11 is 0. The third kappa shape index (κ3) is 3.51. The summed E-state index contributed by atoms with van der Waals surface area (Å²) in [5.41, 5.74) is 0.221. The van der Waals surface area contributed by atoms with Crippen LogP contribution in [-0.4, -0.2) is 35.3 Å². The van der Waals surface area contributed by atoms with Crippen LogP contribution in [0.3, 0.4) is 0 Å². The molecule has 1 atom stereocenters. The highest BCUT2D eigenvalue weighted by Gasteiger charge is 2.11. The van der Waals surface area contributed by atoms with Crippen LogP contribution in [0.25, 0.3) is 0 Å². The van der Waals surface area contributed by atoms with E-state index in [0.29, 0.717) is 13.2 Å². The topological polar surface area (TPSA) is 71.5 Å². The maximum atomic E-state index is 11.6. The molecule has 88 valence electrons. The van der Waals surface area contributed by atoms with Crippen molar-refractivity contribution in [2.45, 2.75) is 20.0 Å². The highest BCUT2D eigenvalue weighted by Crippen LogP contribution is 2.13. The van der Waals surface area contributed by atoms with Gasteiger partial charge in [0.05, 0.1) is 17.9 Å². The average Bonchev–Trinajstić information content (AvgIpc) is 2.27. The number of carbonyl (C=O) groups is 1. The van der Waals surface area contributed by atoms with Gasteiger partial charge in [-0.25, -0.2) is 0 Å². The number of ether oxygens (including phenoxy) is 1. The van der Waals surface area contributed by atoms with Crippen molar-refractivity contribution in [3.05, 3.63) is 24.0 Å². The van der Waals surface area contributed by atoms with E-state index in [-0.39, 0.29) is 23.3 Å². The Hall–Kier alpha value is -1.62. The van der Waals surface area contributed by atoms with E-state index in [0.717, 1.165) is 0 Å². The Labute approximate surface area is 94.5 Å². The minimum Gasteiger partial charge on any atom is -0.505 e. The van der Waals surface area contributed by atoms with Gasteiger partial charge in [-0.05, 0) is 19.9 Å². The minimum atomic E-state index is -0.327. The SMILES string of the molecule is CCOC(C)CNC(=O)c1ccncc1O. The van der Waals surface area contributed by atoms with Gasteiger partial charge in [0.25, 0.3) is 5.91 Å². The Kier molecular flexibility index (Phi) is 4.72. The monoisotopic (exact) mass is 224 g/mol. The molecule has 1 rings (SSSR count). The first-order valence-corrected chi connectivity index (χ1v) is 5.18. The number of aromatic hydroxyl groups is 1. The van der Waals surface area contributed by atoms with Crippen LogP contribution in [0.4, 0.5) is 0 Å². The first-order valence-electron chi connectivity index (χ1n) is 5.18. The summed E-state index contributed by atoms with van der Waals surface area (Å²) in [6.45, 7) is 4.79. The second-order valence-electron chi connectivity index (χ2n) is 3.37. The third-order valence-electron chi connectivity index (χ3n) is 2.05. The van der Waals surface area contributed by atoms with Crippen molar-refractivity contribution in [1.82, 2.24) is 10.3 Å². The zero-order valence-electron chi connectivity index (χ0n) is 9.43. The molecule has 1 heterocycles. The molecule has 0 aliphatic rings. The summed E-state index contributed by atoms with van der Waals surface area (Å²) in [6, 6.07) is 1.47. The van der Waals surface area contributed by atoms with E-state index >= 15 is 0 Å². The molecule has 0 aromatic carbocycles. The van der Waals surface area contributed by atoms with Crippen LogP contribution >= 0.6 is 0 Å². The number of amides is 1. The molecular formula is C11H16N2O3. The molecule has 1 aromatic rings. The molecule has 0 saturated heterocycles. The Balaban J connectivity index is 2.50. The largest absolute Gasteiger partial charge is 0.505 e. The number of nitrogens with zero attached hydrogens (tertiary/aromatic N) is 1. The van der Waals surface area contributed by atoms with Crippen molar-refractivity contribution >= 4 is 5.91 Å². The van der Waals surface area contributed by atoms with Gasteiger partial charge >= 0.3 is 0 Å². The highest BCUT2D eigenvalue weighted by molar-refractivity contribution is 5.96. The molecule has 0 aliphatic heterocycles. The van der Waals surface area contributed by atoms with Crippen LogP contribution in [-0.2, 0) is 4.74 Å². The lowest BCUT2D eigenvalue weighted by Gasteiger charge is -2.12. The number of nitrogens with one attached hydrogen (secondary N) is 1. The molecule has 0 saturated carbocycles. The standard InChI is InChI=1S/C11H16N2O3/c1-3-16-8(2)6-13-11(15)9-4-5-12-7-10(9)14/h4-5,7-8,14H,3,6H2,1-2H3,(H,13,15). The smallest absolute Gasteiger partial charge is 0.255 e. The Bertz CT molecular complexity index is 355. The molecule has 1 unspecified atom stereocenters. The van der Waals surface area contributed by atoms with Crippen LogP contribution < -0.4 is 5.32 Å². The van der Waals surface area contributed by atoms with Crippen LogP contribution in [0.2, 0.25) is 0 Å². The molecule has 0 bridgehead atoms. The molecule has 0 radical (unpaired) electrons. The molecule has 16 heavy (non-hydrogen) atoms. The number of pyridine rings is 1. The maximum absolute atomic E-state index is 11.6. The predicted octanol–water partition coefficient (Wildman–Crippen LogP) is 0.942. The highest BCUT2D eigenvalue weighted by atomic mass is 16.5. The molecule has 5 heteroatoms. The van der Waals surface area contributed by atoms with E-state index in [1.165, 1.54) is 18.5 Å². The second kappa shape index (κ2) is 6.07. The van der Waals surface area contributed by atoms with Crippen molar-refractivity contribution in [2.24, 2.45) is 0 Å². The fourth-order valence-corrected chi connectivity index (χ4v) is 1.25. The number of hydrogen-bond donors (Lipinski definition) is 2. The summed E-state index contributed by atoms with van der Waals surface area (Å²) in [5.74, 6) is -0.449. The summed E-state index contributed by atoms with van der Waals surface area (Å²) in [4.78, 5) is 15.3. The zero-order chi connectivity index (χ0) is 12.0. The van der Waals surface area contributed by atoms with Gasteiger partial charge < -0.3 is 15.2 Å². The van der Waals surface area contributed by atoms with E-state index < -0.39 is 0 Å². The van der Waals surface area contributed by atoms with Gasteiger partial charge in [0, 0.05) is 19.3 Å². The molecule has 0 aliphatic carbocycles. The van der Waals surface area contributed by atoms with Crippen molar-refractivity contribution < 1.29 is 14.6 Å². The average molecular weight is 224 g/mol. The van der Waals surface area contributed by atoms with Crippen LogP contribution in [0, 0.1) is 0 Å². The number of carbonyl (C=O) groups excluding carboxylic acids is 1. The van der Waals surface area contributed by atoms with Gasteiger partial charge in [0.2, 0.25) is 0 Å².